The van der Waals surface area contributed by atoms with Crippen molar-refractivity contribution in [3.05, 3.63) is 71.5 Å². The SMILES string of the molecule is O=C(NCCc1ccccc1)[C@@H]1CN(C(=O)O)C[C@H]1C(=O)NCCc1ccc(F)cc1. The summed E-state index contributed by atoms with van der Waals surface area (Å²) in [6, 6.07) is 15.7. The van der Waals surface area contributed by atoms with Gasteiger partial charge in [0.15, 0.2) is 0 Å². The summed E-state index contributed by atoms with van der Waals surface area (Å²) in [5.41, 5.74) is 1.95. The molecule has 1 aliphatic rings. The number of carbonyl (C=O) groups excluding carboxylic acids is 2. The van der Waals surface area contributed by atoms with Crippen molar-refractivity contribution in [1.29, 1.82) is 0 Å². The first kappa shape index (κ1) is 22.3. The molecule has 0 aliphatic carbocycles. The molecule has 0 spiro atoms. The van der Waals surface area contributed by atoms with Crippen LogP contribution >= 0.6 is 0 Å². The second-order valence-corrected chi connectivity index (χ2v) is 7.59. The third kappa shape index (κ3) is 6.28. The first-order chi connectivity index (χ1) is 14.9. The van der Waals surface area contributed by atoms with Crippen LogP contribution in [0.1, 0.15) is 11.1 Å². The zero-order valence-electron chi connectivity index (χ0n) is 17.1. The summed E-state index contributed by atoms with van der Waals surface area (Å²) in [5.74, 6) is -2.49. The number of hydrogen-bond donors (Lipinski definition) is 3. The lowest BCUT2D eigenvalue weighted by Gasteiger charge is -2.17. The van der Waals surface area contributed by atoms with E-state index >= 15 is 0 Å². The summed E-state index contributed by atoms with van der Waals surface area (Å²) in [4.78, 5) is 37.9. The molecule has 0 bridgehead atoms. The number of nitrogens with zero attached hydrogens (tertiary/aromatic N) is 1. The maximum atomic E-state index is 13.0. The number of carboxylic acid groups (broad SMARTS) is 1. The van der Waals surface area contributed by atoms with Crippen molar-refractivity contribution < 1.29 is 23.9 Å². The molecule has 0 unspecified atom stereocenters. The van der Waals surface area contributed by atoms with E-state index in [1.54, 1.807) is 12.1 Å². The highest BCUT2D eigenvalue weighted by molar-refractivity contribution is 5.89. The minimum atomic E-state index is -1.15. The van der Waals surface area contributed by atoms with E-state index in [0.717, 1.165) is 16.0 Å². The lowest BCUT2D eigenvalue weighted by atomic mass is 9.94. The third-order valence-electron chi connectivity index (χ3n) is 5.45. The minimum absolute atomic E-state index is 0.0114. The predicted octanol–water partition coefficient (Wildman–Crippen LogP) is 2.07. The van der Waals surface area contributed by atoms with Crippen LogP contribution in [0, 0.1) is 17.7 Å². The quantitative estimate of drug-likeness (QED) is 0.601. The Morgan fingerprint density at radius 1 is 0.839 bits per heavy atom. The molecule has 0 saturated carbocycles. The molecule has 3 rings (SSSR count). The van der Waals surface area contributed by atoms with Crippen molar-refractivity contribution >= 4 is 17.9 Å². The fourth-order valence-electron chi connectivity index (χ4n) is 3.71. The van der Waals surface area contributed by atoms with Gasteiger partial charge in [0.05, 0.1) is 11.8 Å². The van der Waals surface area contributed by atoms with Gasteiger partial charge in [-0.1, -0.05) is 42.5 Å². The minimum Gasteiger partial charge on any atom is -0.465 e. The van der Waals surface area contributed by atoms with E-state index in [9.17, 15) is 23.9 Å². The Bertz CT molecular complexity index is 905. The smallest absolute Gasteiger partial charge is 0.407 e. The summed E-state index contributed by atoms with van der Waals surface area (Å²) >= 11 is 0. The maximum absolute atomic E-state index is 13.0. The average Bonchev–Trinajstić information content (AvgIpc) is 3.22. The highest BCUT2D eigenvalue weighted by atomic mass is 19.1. The average molecular weight is 427 g/mol. The maximum Gasteiger partial charge on any atom is 0.407 e. The second-order valence-electron chi connectivity index (χ2n) is 7.59. The van der Waals surface area contributed by atoms with Gasteiger partial charge < -0.3 is 20.6 Å². The standard InChI is InChI=1S/C23H26FN3O4/c24-18-8-6-17(7-9-18)11-13-26-22(29)20-15-27(23(30)31)14-19(20)21(28)25-12-10-16-4-2-1-3-5-16/h1-9,19-20H,10-15H2,(H,25,28)(H,26,29)(H,30,31)/t19-,20-/m1/s1. The van der Waals surface area contributed by atoms with E-state index in [2.05, 4.69) is 10.6 Å². The first-order valence-corrected chi connectivity index (χ1v) is 10.3. The molecule has 2 aromatic carbocycles. The molecule has 3 N–H and O–H groups in total. The lowest BCUT2D eigenvalue weighted by Crippen LogP contribution is -2.42. The van der Waals surface area contributed by atoms with Crippen molar-refractivity contribution in [2.45, 2.75) is 12.8 Å². The van der Waals surface area contributed by atoms with Gasteiger partial charge in [-0.15, -0.1) is 0 Å². The summed E-state index contributed by atoms with van der Waals surface area (Å²) in [7, 11) is 0. The highest BCUT2D eigenvalue weighted by Gasteiger charge is 2.43. The summed E-state index contributed by atoms with van der Waals surface area (Å²) in [5, 5.41) is 14.9. The number of hydrogen-bond acceptors (Lipinski definition) is 3. The fraction of sp³-hybridized carbons (Fsp3) is 0.348. The first-order valence-electron chi connectivity index (χ1n) is 10.3. The van der Waals surface area contributed by atoms with Crippen LogP contribution in [0.3, 0.4) is 0 Å². The van der Waals surface area contributed by atoms with Gasteiger partial charge in [-0.3, -0.25) is 9.59 Å². The molecule has 1 heterocycles. The normalized spacial score (nSPS) is 17.9. The number of likely N-dealkylation sites (tertiary alicyclic amines) is 1. The van der Waals surface area contributed by atoms with Crippen LogP contribution in [-0.2, 0) is 22.4 Å². The highest BCUT2D eigenvalue weighted by Crippen LogP contribution is 2.24. The molecule has 0 aromatic heterocycles. The van der Waals surface area contributed by atoms with E-state index in [1.165, 1.54) is 12.1 Å². The number of halogens is 1. The van der Waals surface area contributed by atoms with Crippen LogP contribution in [-0.4, -0.2) is 54.1 Å². The number of carbonyl (C=O) groups is 3. The van der Waals surface area contributed by atoms with Gasteiger partial charge in [0, 0.05) is 26.2 Å². The van der Waals surface area contributed by atoms with Crippen molar-refractivity contribution in [2.75, 3.05) is 26.2 Å². The fourth-order valence-corrected chi connectivity index (χ4v) is 3.71. The van der Waals surface area contributed by atoms with Crippen LogP contribution in [0.15, 0.2) is 54.6 Å². The monoisotopic (exact) mass is 427 g/mol. The zero-order valence-corrected chi connectivity index (χ0v) is 17.1. The number of nitrogens with one attached hydrogen (secondary N) is 2. The van der Waals surface area contributed by atoms with Crippen LogP contribution in [0.2, 0.25) is 0 Å². The topological polar surface area (TPSA) is 98.7 Å². The van der Waals surface area contributed by atoms with E-state index < -0.39 is 17.9 Å². The van der Waals surface area contributed by atoms with Crippen LogP contribution in [0.4, 0.5) is 9.18 Å². The Morgan fingerprint density at radius 3 is 1.81 bits per heavy atom. The summed E-state index contributed by atoms with van der Waals surface area (Å²) in [6.45, 7) is 0.693. The Balaban J connectivity index is 1.53. The van der Waals surface area contributed by atoms with Gasteiger partial charge in [0.2, 0.25) is 11.8 Å². The molecule has 1 aliphatic heterocycles. The van der Waals surface area contributed by atoms with Gasteiger partial charge in [0.25, 0.3) is 0 Å². The molecule has 0 radical (unpaired) electrons. The molecule has 164 valence electrons. The van der Waals surface area contributed by atoms with Crippen LogP contribution in [0.25, 0.3) is 0 Å². The molecule has 7 nitrogen and oxygen atoms in total. The molecule has 1 fully saturated rings. The van der Waals surface area contributed by atoms with E-state index in [4.69, 9.17) is 0 Å². The number of benzene rings is 2. The Morgan fingerprint density at radius 2 is 1.32 bits per heavy atom. The van der Waals surface area contributed by atoms with Gasteiger partial charge in [-0.2, -0.15) is 0 Å². The summed E-state index contributed by atoms with van der Waals surface area (Å²) < 4.78 is 13.0. The van der Waals surface area contributed by atoms with Crippen molar-refractivity contribution in [1.82, 2.24) is 15.5 Å². The van der Waals surface area contributed by atoms with Gasteiger partial charge in [-0.05, 0) is 36.1 Å². The molecular weight excluding hydrogens is 401 g/mol. The zero-order chi connectivity index (χ0) is 22.2. The predicted molar refractivity (Wildman–Crippen MR) is 113 cm³/mol. The number of rotatable bonds is 8. The van der Waals surface area contributed by atoms with Crippen LogP contribution < -0.4 is 10.6 Å². The summed E-state index contributed by atoms with van der Waals surface area (Å²) in [6.07, 6.45) is 0.00918. The van der Waals surface area contributed by atoms with Crippen molar-refractivity contribution in [2.24, 2.45) is 11.8 Å². The van der Waals surface area contributed by atoms with Gasteiger partial charge >= 0.3 is 6.09 Å². The second kappa shape index (κ2) is 10.6. The Kier molecular flexibility index (Phi) is 7.59. The van der Waals surface area contributed by atoms with Crippen molar-refractivity contribution in [3.63, 3.8) is 0 Å². The molecule has 31 heavy (non-hydrogen) atoms. The molecule has 8 heteroatoms. The number of amides is 3. The lowest BCUT2D eigenvalue weighted by molar-refractivity contribution is -0.132. The molecule has 3 amide bonds. The third-order valence-corrected chi connectivity index (χ3v) is 5.45. The molecule has 1 saturated heterocycles. The Labute approximate surface area is 180 Å². The van der Waals surface area contributed by atoms with Crippen LogP contribution in [0.5, 0.6) is 0 Å². The molecule has 2 atom stereocenters. The van der Waals surface area contributed by atoms with E-state index in [0.29, 0.717) is 25.9 Å². The van der Waals surface area contributed by atoms with E-state index in [1.807, 2.05) is 30.3 Å². The molecule has 2 aromatic rings. The van der Waals surface area contributed by atoms with Gasteiger partial charge in [0.1, 0.15) is 5.82 Å². The molecular formula is C23H26FN3O4. The van der Waals surface area contributed by atoms with Gasteiger partial charge in [-0.25, -0.2) is 9.18 Å². The van der Waals surface area contributed by atoms with E-state index in [-0.39, 0.29) is 30.7 Å². The Hall–Kier alpha value is -3.42. The van der Waals surface area contributed by atoms with Crippen molar-refractivity contribution in [3.8, 4) is 0 Å². The largest absolute Gasteiger partial charge is 0.465 e.